The number of alkyl halides is 2. The van der Waals surface area contributed by atoms with Crippen LogP contribution >= 0.6 is 11.8 Å². The Hall–Kier alpha value is -2.65. The maximum Gasteiger partial charge on any atom is 0.387 e. The minimum Gasteiger partial charge on any atom is -0.452 e. The highest BCUT2D eigenvalue weighted by atomic mass is 32.2. The molecule has 1 atom stereocenters. The number of para-hydroxylation sites is 2. The highest BCUT2D eigenvalue weighted by Crippen LogP contribution is 2.28. The fourth-order valence-corrected chi connectivity index (χ4v) is 3.99. The molecule has 1 aliphatic heterocycles. The normalized spacial score (nSPS) is 15.8. The number of amides is 1. The SMILES string of the molecule is O=C(COC(=O)c1ccccc1SCC1CCCO1)Nc1ccccc1OC(F)F. The molecular weight excluding hydrogens is 416 g/mol. The molecular formula is C21H21F2NO5S. The minimum absolute atomic E-state index is 0.0615. The molecule has 6 nitrogen and oxygen atoms in total. The van der Waals surface area contributed by atoms with Crippen LogP contribution in [0.5, 0.6) is 5.75 Å². The van der Waals surface area contributed by atoms with E-state index in [0.29, 0.717) is 5.56 Å². The van der Waals surface area contributed by atoms with Crippen molar-refractivity contribution in [3.8, 4) is 5.75 Å². The fourth-order valence-electron chi connectivity index (χ4n) is 2.88. The summed E-state index contributed by atoms with van der Waals surface area (Å²) in [6.07, 6.45) is 2.20. The lowest BCUT2D eigenvalue weighted by Crippen LogP contribution is -2.21. The molecule has 1 unspecified atom stereocenters. The van der Waals surface area contributed by atoms with Crippen LogP contribution in [0.4, 0.5) is 14.5 Å². The van der Waals surface area contributed by atoms with Gasteiger partial charge >= 0.3 is 12.6 Å². The number of anilines is 1. The van der Waals surface area contributed by atoms with E-state index in [0.717, 1.165) is 30.1 Å². The Kier molecular flexibility index (Phi) is 8.04. The van der Waals surface area contributed by atoms with Gasteiger partial charge in [-0.1, -0.05) is 24.3 Å². The predicted octanol–water partition coefficient (Wildman–Crippen LogP) is 4.35. The van der Waals surface area contributed by atoms with Crippen LogP contribution in [0.1, 0.15) is 23.2 Å². The van der Waals surface area contributed by atoms with E-state index in [9.17, 15) is 18.4 Å². The Labute approximate surface area is 176 Å². The molecule has 3 rings (SSSR count). The lowest BCUT2D eigenvalue weighted by molar-refractivity contribution is -0.119. The molecule has 2 aromatic carbocycles. The standard InChI is InChI=1S/C21H21F2NO5S/c22-21(23)29-17-9-3-2-8-16(17)24-19(25)12-28-20(26)15-7-1-4-10-18(15)30-13-14-6-5-11-27-14/h1-4,7-10,14,21H,5-6,11-13H2,(H,24,25). The first kappa shape index (κ1) is 22.0. The number of halogens is 2. The molecule has 0 spiro atoms. The first-order chi connectivity index (χ1) is 14.5. The van der Waals surface area contributed by atoms with Crippen LogP contribution in [-0.4, -0.2) is 43.6 Å². The van der Waals surface area contributed by atoms with Gasteiger partial charge in [-0.2, -0.15) is 8.78 Å². The topological polar surface area (TPSA) is 73.9 Å². The highest BCUT2D eigenvalue weighted by molar-refractivity contribution is 7.99. The van der Waals surface area contributed by atoms with Crippen molar-refractivity contribution in [1.82, 2.24) is 0 Å². The Bertz CT molecular complexity index is 874. The number of thioether (sulfide) groups is 1. The number of rotatable bonds is 9. The summed E-state index contributed by atoms with van der Waals surface area (Å²) < 4.78 is 40.0. The molecule has 30 heavy (non-hydrogen) atoms. The van der Waals surface area contributed by atoms with E-state index in [1.54, 1.807) is 18.2 Å². The van der Waals surface area contributed by atoms with Crippen molar-refractivity contribution >= 4 is 29.3 Å². The predicted molar refractivity (Wildman–Crippen MR) is 108 cm³/mol. The van der Waals surface area contributed by atoms with Gasteiger partial charge in [0.2, 0.25) is 0 Å². The molecule has 0 aromatic heterocycles. The summed E-state index contributed by atoms with van der Waals surface area (Å²) in [5.41, 5.74) is 0.418. The number of nitrogens with one attached hydrogen (secondary N) is 1. The summed E-state index contributed by atoms with van der Waals surface area (Å²) in [4.78, 5) is 25.3. The van der Waals surface area contributed by atoms with Crippen LogP contribution in [0.3, 0.4) is 0 Å². The minimum atomic E-state index is -3.02. The second-order valence-electron chi connectivity index (χ2n) is 6.44. The summed E-state index contributed by atoms with van der Waals surface area (Å²) in [5, 5.41) is 2.40. The Morgan fingerprint density at radius 3 is 2.70 bits per heavy atom. The van der Waals surface area contributed by atoms with Gasteiger partial charge in [-0.15, -0.1) is 11.8 Å². The Morgan fingerprint density at radius 2 is 1.93 bits per heavy atom. The number of hydrogen-bond acceptors (Lipinski definition) is 6. The Morgan fingerprint density at radius 1 is 1.17 bits per heavy atom. The zero-order chi connectivity index (χ0) is 21.3. The van der Waals surface area contributed by atoms with E-state index in [4.69, 9.17) is 9.47 Å². The van der Waals surface area contributed by atoms with Gasteiger partial charge in [-0.3, -0.25) is 4.79 Å². The van der Waals surface area contributed by atoms with Crippen LogP contribution in [0.2, 0.25) is 0 Å². The quantitative estimate of drug-likeness (QED) is 0.464. The van der Waals surface area contributed by atoms with E-state index >= 15 is 0 Å². The van der Waals surface area contributed by atoms with Gasteiger partial charge in [0, 0.05) is 17.3 Å². The second kappa shape index (κ2) is 10.9. The first-order valence-corrected chi connectivity index (χ1v) is 10.4. The molecule has 9 heteroatoms. The fraction of sp³-hybridized carbons (Fsp3) is 0.333. The maximum absolute atomic E-state index is 12.5. The second-order valence-corrected chi connectivity index (χ2v) is 7.50. The molecule has 0 aliphatic carbocycles. The van der Waals surface area contributed by atoms with Crippen molar-refractivity contribution in [3.63, 3.8) is 0 Å². The summed E-state index contributed by atoms with van der Waals surface area (Å²) in [7, 11) is 0. The molecule has 2 aromatic rings. The van der Waals surface area contributed by atoms with Crippen molar-refractivity contribution in [3.05, 3.63) is 54.1 Å². The van der Waals surface area contributed by atoms with E-state index in [1.165, 1.54) is 30.0 Å². The monoisotopic (exact) mass is 437 g/mol. The van der Waals surface area contributed by atoms with Crippen LogP contribution in [0.15, 0.2) is 53.4 Å². The number of hydrogen-bond donors (Lipinski definition) is 1. The lowest BCUT2D eigenvalue weighted by Gasteiger charge is -2.13. The summed E-state index contributed by atoms with van der Waals surface area (Å²) in [5.74, 6) is -0.759. The van der Waals surface area contributed by atoms with E-state index in [-0.39, 0.29) is 17.5 Å². The van der Waals surface area contributed by atoms with Crippen molar-refractivity contribution < 1.29 is 32.6 Å². The highest BCUT2D eigenvalue weighted by Gasteiger charge is 2.19. The number of carbonyl (C=O) groups is 2. The molecule has 0 saturated carbocycles. The molecule has 1 amide bonds. The molecule has 1 N–H and O–H groups in total. The van der Waals surface area contributed by atoms with Gasteiger partial charge in [-0.05, 0) is 37.1 Å². The Balaban J connectivity index is 1.55. The van der Waals surface area contributed by atoms with Crippen LogP contribution in [0, 0.1) is 0 Å². The average Bonchev–Trinajstić information content (AvgIpc) is 3.25. The van der Waals surface area contributed by atoms with Crippen LogP contribution in [-0.2, 0) is 14.3 Å². The average molecular weight is 437 g/mol. The number of esters is 1. The maximum atomic E-state index is 12.5. The number of ether oxygens (including phenoxy) is 3. The lowest BCUT2D eigenvalue weighted by atomic mass is 10.2. The largest absolute Gasteiger partial charge is 0.452 e. The summed E-state index contributed by atoms with van der Waals surface area (Å²) in [6, 6.07) is 12.7. The van der Waals surface area contributed by atoms with Crippen LogP contribution in [0.25, 0.3) is 0 Å². The summed E-state index contributed by atoms with van der Waals surface area (Å²) in [6.45, 7) is -2.83. The van der Waals surface area contributed by atoms with Crippen molar-refractivity contribution in [2.75, 3.05) is 24.3 Å². The van der Waals surface area contributed by atoms with Crippen molar-refractivity contribution in [2.24, 2.45) is 0 Å². The van der Waals surface area contributed by atoms with Crippen molar-refractivity contribution in [2.45, 2.75) is 30.5 Å². The van der Waals surface area contributed by atoms with E-state index in [2.05, 4.69) is 10.1 Å². The molecule has 0 bridgehead atoms. The number of benzene rings is 2. The van der Waals surface area contributed by atoms with Gasteiger partial charge in [-0.25, -0.2) is 4.79 Å². The molecule has 1 saturated heterocycles. The van der Waals surface area contributed by atoms with Crippen molar-refractivity contribution in [1.29, 1.82) is 0 Å². The van der Waals surface area contributed by atoms with E-state index < -0.39 is 25.1 Å². The molecule has 1 heterocycles. The number of carbonyl (C=O) groups excluding carboxylic acids is 2. The third-order valence-corrected chi connectivity index (χ3v) is 5.47. The van der Waals surface area contributed by atoms with Gasteiger partial charge in [0.15, 0.2) is 6.61 Å². The molecule has 0 radical (unpaired) electrons. The van der Waals surface area contributed by atoms with Gasteiger partial charge in [0.25, 0.3) is 5.91 Å². The third-order valence-electron chi connectivity index (χ3n) is 4.27. The van der Waals surface area contributed by atoms with Crippen LogP contribution < -0.4 is 10.1 Å². The first-order valence-electron chi connectivity index (χ1n) is 9.37. The van der Waals surface area contributed by atoms with Gasteiger partial charge < -0.3 is 19.5 Å². The zero-order valence-corrected chi connectivity index (χ0v) is 16.8. The van der Waals surface area contributed by atoms with Gasteiger partial charge in [0.05, 0.1) is 17.4 Å². The molecule has 160 valence electrons. The van der Waals surface area contributed by atoms with Gasteiger partial charge in [0.1, 0.15) is 5.75 Å². The molecule has 1 aliphatic rings. The van der Waals surface area contributed by atoms with E-state index in [1.807, 2.05) is 12.1 Å². The zero-order valence-electron chi connectivity index (χ0n) is 16.0. The molecule has 1 fully saturated rings. The smallest absolute Gasteiger partial charge is 0.387 e. The summed E-state index contributed by atoms with van der Waals surface area (Å²) >= 11 is 1.50. The third kappa shape index (κ3) is 6.43.